The summed E-state index contributed by atoms with van der Waals surface area (Å²) in [5.74, 6) is -2.12. The third-order valence-corrected chi connectivity index (χ3v) is 18.5. The maximum Gasteiger partial charge on any atom is 0.472 e. The van der Waals surface area contributed by atoms with Gasteiger partial charge in [0.2, 0.25) is 0 Å². The number of aliphatic hydroxyl groups is 1. The van der Waals surface area contributed by atoms with Crippen LogP contribution < -0.4 is 0 Å². The fraction of sp³-hybridized carbons (Fsp3) is 0.944. The third kappa shape index (κ3) is 64.8. The molecule has 0 aromatic rings. The predicted molar refractivity (Wildman–Crippen MR) is 363 cm³/mol. The Kier molecular flexibility index (Phi) is 64.3. The quantitative estimate of drug-likeness (QED) is 0.0222. The highest BCUT2D eigenvalue weighted by molar-refractivity contribution is 7.47. The Morgan fingerprint density at radius 2 is 0.444 bits per heavy atom. The van der Waals surface area contributed by atoms with Crippen molar-refractivity contribution in [3.63, 3.8) is 0 Å². The van der Waals surface area contributed by atoms with Gasteiger partial charge in [0.1, 0.15) is 19.3 Å². The Balaban J connectivity index is 5.17. The molecule has 0 spiro atoms. The number of rotatable bonds is 72. The van der Waals surface area contributed by atoms with Gasteiger partial charge in [0.05, 0.1) is 26.4 Å². The van der Waals surface area contributed by atoms with E-state index in [9.17, 15) is 43.2 Å². The van der Waals surface area contributed by atoms with E-state index >= 15 is 0 Å². The summed E-state index contributed by atoms with van der Waals surface area (Å²) in [6, 6.07) is 0. The fourth-order valence-electron chi connectivity index (χ4n) is 10.9. The largest absolute Gasteiger partial charge is 0.472 e. The van der Waals surface area contributed by atoms with E-state index in [-0.39, 0.29) is 25.7 Å². The van der Waals surface area contributed by atoms with Gasteiger partial charge < -0.3 is 33.8 Å². The highest BCUT2D eigenvalue weighted by Gasteiger charge is 2.30. The van der Waals surface area contributed by atoms with Crippen molar-refractivity contribution in [1.82, 2.24) is 0 Å². The molecule has 90 heavy (non-hydrogen) atoms. The molecule has 534 valence electrons. The first kappa shape index (κ1) is 88.1. The lowest BCUT2D eigenvalue weighted by molar-refractivity contribution is -0.161. The molecule has 17 nitrogen and oxygen atoms in total. The Bertz CT molecular complexity index is 1720. The second-order valence-corrected chi connectivity index (χ2v) is 28.5. The summed E-state index contributed by atoms with van der Waals surface area (Å²) < 4.78 is 68.2. The molecule has 0 fully saturated rings. The summed E-state index contributed by atoms with van der Waals surface area (Å²) in [6.45, 7) is 4.90. The molecule has 19 heteroatoms. The number of hydrogen-bond donors (Lipinski definition) is 3. The Labute approximate surface area is 549 Å². The number of aliphatic hydroxyl groups excluding tert-OH is 1. The molecule has 2 unspecified atom stereocenters. The van der Waals surface area contributed by atoms with Crippen LogP contribution in [0.25, 0.3) is 0 Å². The SMILES string of the molecule is CCCCCCCCCCCCCCCCCCCC(=O)OC[C@H](COP(=O)(O)OC[C@@H](O)COP(=O)(O)OC[C@@H](COC(=O)CCCCCCCCC)OC(=O)CCCCCCCCCCC)OC(=O)CCCCCCCCCCCCCCCCCCC. The van der Waals surface area contributed by atoms with Crippen LogP contribution in [0.1, 0.15) is 374 Å². The van der Waals surface area contributed by atoms with Crippen molar-refractivity contribution in [3.05, 3.63) is 0 Å². The molecule has 0 bridgehead atoms. The minimum Gasteiger partial charge on any atom is -0.462 e. The first-order valence-corrected chi connectivity index (χ1v) is 40.3. The van der Waals surface area contributed by atoms with Gasteiger partial charge in [-0.05, 0) is 25.7 Å². The number of carbonyl (C=O) groups excluding carboxylic acids is 4. The first-order valence-electron chi connectivity index (χ1n) is 37.3. The van der Waals surface area contributed by atoms with Crippen molar-refractivity contribution < 1.29 is 80.2 Å². The van der Waals surface area contributed by atoms with E-state index in [1.807, 2.05) is 0 Å². The molecular formula is C71H138O17P2. The van der Waals surface area contributed by atoms with Crippen LogP contribution in [0.2, 0.25) is 0 Å². The van der Waals surface area contributed by atoms with Crippen molar-refractivity contribution in [2.45, 2.75) is 393 Å². The van der Waals surface area contributed by atoms with E-state index in [0.29, 0.717) is 25.7 Å². The predicted octanol–water partition coefficient (Wildman–Crippen LogP) is 20.7. The Morgan fingerprint density at radius 3 is 0.656 bits per heavy atom. The summed E-state index contributed by atoms with van der Waals surface area (Å²) in [7, 11) is -9.89. The second kappa shape index (κ2) is 65.7. The van der Waals surface area contributed by atoms with Crippen LogP contribution in [-0.2, 0) is 65.4 Å². The topological polar surface area (TPSA) is 237 Å². The number of ether oxygens (including phenoxy) is 4. The summed E-state index contributed by atoms with van der Waals surface area (Å²) >= 11 is 0. The van der Waals surface area contributed by atoms with Gasteiger partial charge in [0.15, 0.2) is 12.2 Å². The van der Waals surface area contributed by atoms with Gasteiger partial charge in [-0.1, -0.05) is 323 Å². The normalized spacial score (nSPS) is 14.0. The van der Waals surface area contributed by atoms with Gasteiger partial charge in [-0.3, -0.25) is 37.3 Å². The number of carbonyl (C=O) groups is 4. The van der Waals surface area contributed by atoms with Crippen LogP contribution in [0, 0.1) is 0 Å². The molecule has 3 N–H and O–H groups in total. The number of phosphoric acid groups is 2. The Morgan fingerprint density at radius 1 is 0.267 bits per heavy atom. The third-order valence-electron chi connectivity index (χ3n) is 16.6. The molecule has 0 aliphatic heterocycles. The fourth-order valence-corrected chi connectivity index (χ4v) is 12.4. The summed E-state index contributed by atoms with van der Waals surface area (Å²) in [6.07, 6.45) is 54.3. The molecule has 0 heterocycles. The van der Waals surface area contributed by atoms with Crippen LogP contribution in [-0.4, -0.2) is 96.7 Å². The lowest BCUT2D eigenvalue weighted by Crippen LogP contribution is -2.30. The molecule has 0 amide bonds. The van der Waals surface area contributed by atoms with Crippen LogP contribution in [0.3, 0.4) is 0 Å². The van der Waals surface area contributed by atoms with Gasteiger partial charge >= 0.3 is 39.5 Å². The minimum absolute atomic E-state index is 0.106. The first-order chi connectivity index (χ1) is 43.7. The highest BCUT2D eigenvalue weighted by Crippen LogP contribution is 2.45. The van der Waals surface area contributed by atoms with Crippen molar-refractivity contribution >= 4 is 39.5 Å². The summed E-state index contributed by atoms with van der Waals surface area (Å²) in [5.41, 5.74) is 0. The van der Waals surface area contributed by atoms with E-state index in [0.717, 1.165) is 103 Å². The van der Waals surface area contributed by atoms with E-state index in [1.54, 1.807) is 0 Å². The summed E-state index contributed by atoms with van der Waals surface area (Å²) in [5, 5.41) is 10.6. The van der Waals surface area contributed by atoms with Crippen molar-refractivity contribution in [1.29, 1.82) is 0 Å². The van der Waals surface area contributed by atoms with Crippen molar-refractivity contribution in [2.75, 3.05) is 39.6 Å². The van der Waals surface area contributed by atoms with Crippen molar-refractivity contribution in [3.8, 4) is 0 Å². The van der Waals surface area contributed by atoms with E-state index < -0.39 is 97.5 Å². The van der Waals surface area contributed by atoms with Crippen LogP contribution in [0.4, 0.5) is 0 Å². The van der Waals surface area contributed by atoms with Gasteiger partial charge in [-0.2, -0.15) is 0 Å². The van der Waals surface area contributed by atoms with E-state index in [2.05, 4.69) is 27.7 Å². The smallest absolute Gasteiger partial charge is 0.462 e. The van der Waals surface area contributed by atoms with Crippen molar-refractivity contribution in [2.24, 2.45) is 0 Å². The monoisotopic (exact) mass is 1320 g/mol. The van der Waals surface area contributed by atoms with Crippen LogP contribution >= 0.6 is 15.6 Å². The van der Waals surface area contributed by atoms with Gasteiger partial charge in [0.25, 0.3) is 0 Å². The van der Waals surface area contributed by atoms with E-state index in [1.165, 1.54) is 193 Å². The summed E-state index contributed by atoms with van der Waals surface area (Å²) in [4.78, 5) is 72.4. The lowest BCUT2D eigenvalue weighted by Gasteiger charge is -2.21. The number of esters is 4. The highest BCUT2D eigenvalue weighted by atomic mass is 31.2. The standard InChI is InChI=1S/C71H138O17P2/c1-5-9-13-17-21-24-26-28-30-32-34-36-38-41-44-48-52-56-69(74)82-62-67(88-71(76)58-54-50-46-42-39-37-35-33-31-29-27-25-22-18-14-10-6-2)64-86-90(79,80)84-60-65(72)59-83-89(77,78)85-63-66(61-81-68(73)55-51-47-43-20-16-12-8-4)87-70(75)57-53-49-45-40-23-19-15-11-7-3/h65-67,72H,5-64H2,1-4H3,(H,77,78)(H,79,80)/t65-,66+,67+/m0/s1. The molecule has 0 rings (SSSR count). The zero-order valence-electron chi connectivity index (χ0n) is 58.1. The molecule has 0 aromatic carbocycles. The molecule has 0 aliphatic carbocycles. The molecule has 0 radical (unpaired) electrons. The second-order valence-electron chi connectivity index (χ2n) is 25.6. The van der Waals surface area contributed by atoms with Crippen LogP contribution in [0.15, 0.2) is 0 Å². The zero-order chi connectivity index (χ0) is 66.1. The minimum atomic E-state index is -4.95. The maximum absolute atomic E-state index is 13.0. The zero-order valence-corrected chi connectivity index (χ0v) is 59.9. The number of hydrogen-bond acceptors (Lipinski definition) is 15. The number of unbranched alkanes of at least 4 members (excludes halogenated alkanes) is 46. The van der Waals surface area contributed by atoms with Crippen LogP contribution in [0.5, 0.6) is 0 Å². The molecule has 5 atom stereocenters. The molecule has 0 aliphatic rings. The van der Waals surface area contributed by atoms with Gasteiger partial charge in [-0.15, -0.1) is 0 Å². The molecular weight excluding hydrogens is 1190 g/mol. The molecule has 0 saturated carbocycles. The average molecular weight is 1330 g/mol. The average Bonchev–Trinajstić information content (AvgIpc) is 3.73. The molecule has 0 saturated heterocycles. The van der Waals surface area contributed by atoms with Gasteiger partial charge in [-0.25, -0.2) is 9.13 Å². The van der Waals surface area contributed by atoms with Gasteiger partial charge in [0, 0.05) is 25.7 Å². The molecule has 0 aromatic heterocycles. The Hall–Kier alpha value is -1.94. The lowest BCUT2D eigenvalue weighted by atomic mass is 10.0. The number of phosphoric ester groups is 2. The van der Waals surface area contributed by atoms with E-state index in [4.69, 9.17) is 37.0 Å². The maximum atomic E-state index is 13.0.